The summed E-state index contributed by atoms with van der Waals surface area (Å²) in [6.07, 6.45) is 0.259. The van der Waals surface area contributed by atoms with E-state index in [1.807, 2.05) is 0 Å². The number of esters is 1. The average Bonchev–Trinajstić information content (AvgIpc) is 2.96. The lowest BCUT2D eigenvalue weighted by Gasteiger charge is -2.31. The van der Waals surface area contributed by atoms with E-state index >= 15 is 0 Å². The number of quaternary nitrogens is 2. The molecule has 2 fully saturated rings. The molecule has 1 aromatic carbocycles. The maximum Gasteiger partial charge on any atom is 0.338 e. The van der Waals surface area contributed by atoms with E-state index in [4.69, 9.17) is 4.74 Å². The molecule has 1 aromatic rings. The van der Waals surface area contributed by atoms with Gasteiger partial charge in [0.05, 0.1) is 30.8 Å². The highest BCUT2D eigenvalue weighted by Crippen LogP contribution is 2.22. The van der Waals surface area contributed by atoms with E-state index in [1.54, 1.807) is 36.1 Å². The van der Waals surface area contributed by atoms with Gasteiger partial charge in [-0.1, -0.05) is 0 Å². The molecule has 0 saturated carbocycles. The second kappa shape index (κ2) is 7.97. The molecule has 1 unspecified atom stereocenters. The number of carbonyl (C=O) groups is 3. The number of rotatable bonds is 5. The van der Waals surface area contributed by atoms with Crippen LogP contribution in [0.4, 0.5) is 5.69 Å². The molecule has 2 N–H and O–H groups in total. The minimum absolute atomic E-state index is 0.131. The number of ether oxygens (including phenoxy) is 1. The Morgan fingerprint density at radius 3 is 2.35 bits per heavy atom. The second-order valence-corrected chi connectivity index (χ2v) is 6.85. The third-order valence-corrected chi connectivity index (χ3v) is 5.38. The normalized spacial score (nSPS) is 26.2. The number of hydrogen-bond donors (Lipinski definition) is 2. The summed E-state index contributed by atoms with van der Waals surface area (Å²) in [6.45, 7) is 9.25. The Morgan fingerprint density at radius 2 is 1.77 bits per heavy atom. The summed E-state index contributed by atoms with van der Waals surface area (Å²) in [6, 6.07) is 6.18. The monoisotopic (exact) mass is 361 g/mol. The molecule has 0 spiro atoms. The number of nitrogens with zero attached hydrogens (tertiary/aromatic N) is 1. The fraction of sp³-hybridized carbons (Fsp3) is 0.526. The van der Waals surface area contributed by atoms with Gasteiger partial charge in [-0.05, 0) is 38.1 Å². The van der Waals surface area contributed by atoms with Crippen molar-refractivity contribution in [1.82, 2.24) is 0 Å². The summed E-state index contributed by atoms with van der Waals surface area (Å²) in [5, 5.41) is 0. The van der Waals surface area contributed by atoms with E-state index in [2.05, 4.69) is 6.92 Å². The van der Waals surface area contributed by atoms with Crippen LogP contribution >= 0.6 is 0 Å². The minimum Gasteiger partial charge on any atom is -0.462 e. The molecule has 3 rings (SSSR count). The van der Waals surface area contributed by atoms with Crippen LogP contribution in [0.1, 0.15) is 30.6 Å². The first kappa shape index (κ1) is 18.5. The highest BCUT2D eigenvalue weighted by atomic mass is 16.5. The first-order valence-electron chi connectivity index (χ1n) is 9.37. The van der Waals surface area contributed by atoms with Crippen molar-refractivity contribution in [2.75, 3.05) is 44.2 Å². The zero-order valence-electron chi connectivity index (χ0n) is 15.4. The van der Waals surface area contributed by atoms with Crippen LogP contribution < -0.4 is 14.7 Å². The van der Waals surface area contributed by atoms with E-state index < -0.39 is 5.97 Å². The van der Waals surface area contributed by atoms with Crippen molar-refractivity contribution in [3.63, 3.8) is 0 Å². The van der Waals surface area contributed by atoms with Gasteiger partial charge in [-0.3, -0.25) is 9.59 Å². The summed E-state index contributed by atoms with van der Waals surface area (Å²) < 4.78 is 4.96. The van der Waals surface area contributed by atoms with E-state index in [-0.39, 0.29) is 24.3 Å². The van der Waals surface area contributed by atoms with E-state index in [0.29, 0.717) is 17.9 Å². The molecule has 0 aliphatic carbocycles. The van der Waals surface area contributed by atoms with Gasteiger partial charge in [-0.15, -0.1) is 0 Å². The quantitative estimate of drug-likeness (QED) is 0.484. The molecule has 0 bridgehead atoms. The number of benzene rings is 1. The maximum absolute atomic E-state index is 12.9. The molecule has 140 valence electrons. The summed E-state index contributed by atoms with van der Waals surface area (Å²) in [4.78, 5) is 41.1. The molecule has 1 atom stereocenters. The fourth-order valence-electron chi connectivity index (χ4n) is 3.81. The van der Waals surface area contributed by atoms with Crippen LogP contribution in [0.15, 0.2) is 24.3 Å². The molecular formula is C19H27N3O4+2. The molecule has 0 aromatic heterocycles. The van der Waals surface area contributed by atoms with Crippen molar-refractivity contribution in [2.24, 2.45) is 0 Å². The number of nitrogens with one attached hydrogen (secondary N) is 2. The van der Waals surface area contributed by atoms with Crippen LogP contribution in [0.2, 0.25) is 0 Å². The van der Waals surface area contributed by atoms with Gasteiger partial charge < -0.3 is 14.5 Å². The van der Waals surface area contributed by atoms with Crippen molar-refractivity contribution < 1.29 is 28.9 Å². The van der Waals surface area contributed by atoms with Gasteiger partial charge in [-0.25, -0.2) is 9.69 Å². The SMILES string of the molecule is CCOC(=O)c1ccc(N2C(=O)CC([NH+]3CC[NH+](CC)CC3)C2=O)cc1. The Morgan fingerprint density at radius 1 is 1.12 bits per heavy atom. The molecule has 2 heterocycles. The maximum atomic E-state index is 12.9. The first-order chi connectivity index (χ1) is 12.5. The third kappa shape index (κ3) is 3.64. The number of piperazine rings is 1. The molecule has 2 amide bonds. The Hall–Kier alpha value is -2.25. The third-order valence-electron chi connectivity index (χ3n) is 5.38. The summed E-state index contributed by atoms with van der Waals surface area (Å²) in [5.74, 6) is -0.702. The molecule has 2 aliphatic heterocycles. The summed E-state index contributed by atoms with van der Waals surface area (Å²) >= 11 is 0. The molecule has 26 heavy (non-hydrogen) atoms. The molecule has 7 heteroatoms. The van der Waals surface area contributed by atoms with Gasteiger partial charge in [0.15, 0.2) is 6.04 Å². The highest BCUT2D eigenvalue weighted by Gasteiger charge is 2.46. The van der Waals surface area contributed by atoms with Gasteiger partial charge >= 0.3 is 5.97 Å². The Labute approximate surface area is 153 Å². The van der Waals surface area contributed by atoms with Gasteiger partial charge in [0.2, 0.25) is 5.91 Å². The molecular weight excluding hydrogens is 334 g/mol. The van der Waals surface area contributed by atoms with Crippen molar-refractivity contribution >= 4 is 23.5 Å². The van der Waals surface area contributed by atoms with Crippen LogP contribution in [-0.4, -0.2) is 63.2 Å². The van der Waals surface area contributed by atoms with Crippen molar-refractivity contribution in [3.05, 3.63) is 29.8 Å². The van der Waals surface area contributed by atoms with Crippen molar-refractivity contribution in [3.8, 4) is 0 Å². The Bertz CT molecular complexity index is 681. The van der Waals surface area contributed by atoms with Crippen molar-refractivity contribution in [2.45, 2.75) is 26.3 Å². The zero-order valence-corrected chi connectivity index (χ0v) is 15.4. The number of carbonyl (C=O) groups excluding carboxylic acids is 3. The van der Waals surface area contributed by atoms with E-state index in [0.717, 1.165) is 32.7 Å². The van der Waals surface area contributed by atoms with Crippen LogP contribution in [0.3, 0.4) is 0 Å². The van der Waals surface area contributed by atoms with Gasteiger partial charge in [0.25, 0.3) is 5.91 Å². The smallest absolute Gasteiger partial charge is 0.338 e. The van der Waals surface area contributed by atoms with Crippen LogP contribution in [-0.2, 0) is 14.3 Å². The van der Waals surface area contributed by atoms with Gasteiger partial charge in [0.1, 0.15) is 26.2 Å². The molecule has 2 saturated heterocycles. The van der Waals surface area contributed by atoms with E-state index in [1.165, 1.54) is 9.80 Å². The van der Waals surface area contributed by atoms with Gasteiger partial charge in [0, 0.05) is 0 Å². The largest absolute Gasteiger partial charge is 0.462 e. The van der Waals surface area contributed by atoms with Crippen LogP contribution in [0.25, 0.3) is 0 Å². The number of imide groups is 1. The van der Waals surface area contributed by atoms with Crippen LogP contribution in [0.5, 0.6) is 0 Å². The first-order valence-corrected chi connectivity index (χ1v) is 9.37. The average molecular weight is 361 g/mol. The predicted octanol–water partition coefficient (Wildman–Crippen LogP) is -1.70. The topological polar surface area (TPSA) is 72.6 Å². The highest BCUT2D eigenvalue weighted by molar-refractivity contribution is 6.21. The molecule has 2 aliphatic rings. The summed E-state index contributed by atoms with van der Waals surface area (Å²) in [5.41, 5.74) is 0.934. The summed E-state index contributed by atoms with van der Waals surface area (Å²) in [7, 11) is 0. The number of amides is 2. The fourth-order valence-corrected chi connectivity index (χ4v) is 3.81. The Balaban J connectivity index is 1.70. The standard InChI is InChI=1S/C19H25N3O4/c1-3-20-9-11-21(12-10-20)16-13-17(23)22(18(16)24)15-7-5-14(6-8-15)19(25)26-4-2/h5-8,16H,3-4,9-13H2,1-2H3/p+2. The van der Waals surface area contributed by atoms with Gasteiger partial charge in [-0.2, -0.15) is 0 Å². The lowest BCUT2D eigenvalue weighted by Crippen LogP contribution is -3.29. The zero-order chi connectivity index (χ0) is 18.7. The number of anilines is 1. The Kier molecular flexibility index (Phi) is 5.68. The lowest BCUT2D eigenvalue weighted by molar-refractivity contribution is -1.02. The van der Waals surface area contributed by atoms with E-state index in [9.17, 15) is 14.4 Å². The number of hydrogen-bond acceptors (Lipinski definition) is 4. The van der Waals surface area contributed by atoms with Crippen molar-refractivity contribution in [1.29, 1.82) is 0 Å². The minimum atomic E-state index is -0.406. The van der Waals surface area contributed by atoms with Crippen LogP contribution in [0, 0.1) is 0 Å². The lowest BCUT2D eigenvalue weighted by atomic mass is 10.1. The second-order valence-electron chi connectivity index (χ2n) is 6.85. The number of likely N-dealkylation sites (N-methyl/N-ethyl adjacent to an activating group) is 1. The molecule has 0 radical (unpaired) electrons. The molecule has 7 nitrogen and oxygen atoms in total. The predicted molar refractivity (Wildman–Crippen MR) is 95.2 cm³/mol.